The van der Waals surface area contributed by atoms with Crippen LogP contribution in [0.4, 0.5) is 13.2 Å². The van der Waals surface area contributed by atoms with Crippen molar-refractivity contribution in [3.63, 3.8) is 0 Å². The van der Waals surface area contributed by atoms with Crippen LogP contribution in [0.1, 0.15) is 36.8 Å². The lowest BCUT2D eigenvalue weighted by Gasteiger charge is -2.29. The van der Waals surface area contributed by atoms with E-state index in [1.807, 2.05) is 47.4 Å². The molecular formula is C33H30F3N5O. The zero-order chi connectivity index (χ0) is 29.1. The number of fused-ring (bicyclic) bond motifs is 1. The molecule has 0 radical (unpaired) electrons. The van der Waals surface area contributed by atoms with Crippen LogP contribution in [0.2, 0.25) is 0 Å². The average molecular weight is 570 g/mol. The van der Waals surface area contributed by atoms with Gasteiger partial charge in [-0.15, -0.1) is 0 Å². The summed E-state index contributed by atoms with van der Waals surface area (Å²) in [6, 6.07) is 22.8. The molecule has 6 nitrogen and oxygen atoms in total. The lowest BCUT2D eigenvalue weighted by atomic mass is 10.0. The Kier molecular flexibility index (Phi) is 7.73. The minimum Gasteiger partial charge on any atom is -0.338 e. The summed E-state index contributed by atoms with van der Waals surface area (Å²) < 4.78 is 42.3. The van der Waals surface area contributed by atoms with Crippen molar-refractivity contribution < 1.29 is 18.0 Å². The van der Waals surface area contributed by atoms with Crippen LogP contribution in [-0.4, -0.2) is 43.1 Å². The molecule has 5 aromatic rings. The molecule has 2 heterocycles. The monoisotopic (exact) mass is 569 g/mol. The first-order chi connectivity index (χ1) is 20.4. The quantitative estimate of drug-likeness (QED) is 0.198. The van der Waals surface area contributed by atoms with Gasteiger partial charge in [0.2, 0.25) is 5.91 Å². The van der Waals surface area contributed by atoms with Gasteiger partial charge in [0, 0.05) is 36.1 Å². The van der Waals surface area contributed by atoms with Gasteiger partial charge >= 0.3 is 6.18 Å². The highest BCUT2D eigenvalue weighted by Gasteiger charge is 2.31. The van der Waals surface area contributed by atoms with Crippen LogP contribution in [0.3, 0.4) is 0 Å². The third-order valence-electron chi connectivity index (χ3n) is 7.92. The highest BCUT2D eigenvalue weighted by atomic mass is 19.4. The fraction of sp³-hybridized carbons (Fsp3) is 0.273. The Morgan fingerprint density at radius 2 is 1.64 bits per heavy atom. The Balaban J connectivity index is 1.31. The molecule has 0 spiro atoms. The van der Waals surface area contributed by atoms with Crippen molar-refractivity contribution in [3.8, 4) is 22.8 Å². The largest absolute Gasteiger partial charge is 0.416 e. The maximum atomic E-state index is 13.8. The van der Waals surface area contributed by atoms with Gasteiger partial charge in [-0.3, -0.25) is 9.78 Å². The number of amides is 1. The standard InChI is InChI=1S/C33H30F3N5O/c34-33(35,36)27-11-6-10-26(21-27)32-38-31(24-15-17-37-18-16-24)39-41(32)20-19-40(28-12-2-3-13-28)30(42)22-25-9-5-8-23-7-1-4-14-29(23)25/h1,4-11,14-18,21,28H,2-3,12-13,19-20,22H2. The number of alkyl halides is 3. The van der Waals surface area contributed by atoms with Gasteiger partial charge in [-0.1, -0.05) is 67.4 Å². The van der Waals surface area contributed by atoms with Crippen molar-refractivity contribution >= 4 is 16.7 Å². The molecule has 6 rings (SSSR count). The molecule has 1 amide bonds. The second kappa shape index (κ2) is 11.8. The molecule has 1 fully saturated rings. The second-order valence-corrected chi connectivity index (χ2v) is 10.6. The topological polar surface area (TPSA) is 63.9 Å². The van der Waals surface area contributed by atoms with Crippen molar-refractivity contribution in [3.05, 3.63) is 102 Å². The number of pyridine rings is 1. The van der Waals surface area contributed by atoms with Crippen LogP contribution in [0.15, 0.2) is 91.3 Å². The first-order valence-electron chi connectivity index (χ1n) is 14.2. The van der Waals surface area contributed by atoms with Crippen molar-refractivity contribution in [2.24, 2.45) is 0 Å². The molecule has 1 saturated carbocycles. The molecule has 0 aliphatic heterocycles. The van der Waals surface area contributed by atoms with E-state index in [4.69, 9.17) is 5.10 Å². The van der Waals surface area contributed by atoms with E-state index in [9.17, 15) is 18.0 Å². The highest BCUT2D eigenvalue weighted by molar-refractivity contribution is 5.90. The molecule has 9 heteroatoms. The Morgan fingerprint density at radius 1 is 0.905 bits per heavy atom. The molecular weight excluding hydrogens is 539 g/mol. The fourth-order valence-corrected chi connectivity index (χ4v) is 5.81. The molecule has 214 valence electrons. The molecule has 1 aliphatic rings. The van der Waals surface area contributed by atoms with E-state index in [1.54, 1.807) is 35.3 Å². The first kappa shape index (κ1) is 27.6. The average Bonchev–Trinajstić information content (AvgIpc) is 3.69. The van der Waals surface area contributed by atoms with Crippen molar-refractivity contribution in [1.82, 2.24) is 24.6 Å². The number of carbonyl (C=O) groups is 1. The molecule has 2 aromatic heterocycles. The Labute approximate surface area is 241 Å². The summed E-state index contributed by atoms with van der Waals surface area (Å²) >= 11 is 0. The number of halogens is 3. The summed E-state index contributed by atoms with van der Waals surface area (Å²) in [5, 5.41) is 6.84. The van der Waals surface area contributed by atoms with Gasteiger partial charge in [0.1, 0.15) is 0 Å². The molecule has 1 aliphatic carbocycles. The fourth-order valence-electron chi connectivity index (χ4n) is 5.81. The predicted molar refractivity (Wildman–Crippen MR) is 155 cm³/mol. The van der Waals surface area contributed by atoms with Crippen LogP contribution in [0.5, 0.6) is 0 Å². The van der Waals surface area contributed by atoms with Gasteiger partial charge in [0.25, 0.3) is 0 Å². The van der Waals surface area contributed by atoms with E-state index >= 15 is 0 Å². The van der Waals surface area contributed by atoms with Gasteiger partial charge in [0.05, 0.1) is 18.5 Å². The smallest absolute Gasteiger partial charge is 0.338 e. The van der Waals surface area contributed by atoms with Crippen molar-refractivity contribution in [2.75, 3.05) is 6.54 Å². The van der Waals surface area contributed by atoms with Crippen LogP contribution in [-0.2, 0) is 23.9 Å². The maximum Gasteiger partial charge on any atom is 0.416 e. The van der Waals surface area contributed by atoms with Gasteiger partial charge in [0.15, 0.2) is 11.6 Å². The second-order valence-electron chi connectivity index (χ2n) is 10.6. The van der Waals surface area contributed by atoms with Crippen LogP contribution in [0.25, 0.3) is 33.5 Å². The van der Waals surface area contributed by atoms with Crippen LogP contribution in [0, 0.1) is 0 Å². The number of benzene rings is 3. The summed E-state index contributed by atoms with van der Waals surface area (Å²) in [7, 11) is 0. The summed E-state index contributed by atoms with van der Waals surface area (Å²) in [6.07, 6.45) is 3.02. The lowest BCUT2D eigenvalue weighted by Crippen LogP contribution is -2.42. The van der Waals surface area contributed by atoms with Crippen molar-refractivity contribution in [2.45, 2.75) is 50.9 Å². The van der Waals surface area contributed by atoms with Gasteiger partial charge in [-0.25, -0.2) is 9.67 Å². The van der Waals surface area contributed by atoms with Crippen molar-refractivity contribution in [1.29, 1.82) is 0 Å². The Hall–Kier alpha value is -4.53. The normalized spacial score (nSPS) is 14.0. The van der Waals surface area contributed by atoms with E-state index in [-0.39, 0.29) is 18.4 Å². The molecule has 0 bridgehead atoms. The SMILES string of the molecule is O=C(Cc1cccc2ccccc12)N(CCn1nc(-c2ccncc2)nc1-c1cccc(C(F)(F)F)c1)C1CCCC1. The van der Waals surface area contributed by atoms with Crippen LogP contribution < -0.4 is 0 Å². The summed E-state index contributed by atoms with van der Waals surface area (Å²) in [5.74, 6) is 0.744. The maximum absolute atomic E-state index is 13.8. The Morgan fingerprint density at radius 3 is 2.43 bits per heavy atom. The van der Waals surface area contributed by atoms with E-state index in [0.717, 1.165) is 54.2 Å². The zero-order valence-electron chi connectivity index (χ0n) is 23.0. The summed E-state index contributed by atoms with van der Waals surface area (Å²) in [6.45, 7) is 0.667. The highest BCUT2D eigenvalue weighted by Crippen LogP contribution is 2.33. The summed E-state index contributed by atoms with van der Waals surface area (Å²) in [4.78, 5) is 24.5. The third-order valence-corrected chi connectivity index (χ3v) is 7.92. The Bertz CT molecular complexity index is 1690. The number of hydrogen-bond donors (Lipinski definition) is 0. The van der Waals surface area contributed by atoms with Crippen LogP contribution >= 0.6 is 0 Å². The minimum atomic E-state index is -4.48. The third kappa shape index (κ3) is 5.91. The minimum absolute atomic E-state index is 0.0355. The van der Waals surface area contributed by atoms with Gasteiger partial charge < -0.3 is 4.90 Å². The van der Waals surface area contributed by atoms with E-state index < -0.39 is 11.7 Å². The van der Waals surface area contributed by atoms with E-state index in [1.165, 1.54) is 6.07 Å². The molecule has 0 N–H and O–H groups in total. The zero-order valence-corrected chi connectivity index (χ0v) is 23.0. The molecule has 42 heavy (non-hydrogen) atoms. The summed E-state index contributed by atoms with van der Waals surface area (Å²) in [5.41, 5.74) is 1.24. The molecule has 0 atom stereocenters. The lowest BCUT2D eigenvalue weighted by molar-refractivity contribution is -0.137. The number of aromatic nitrogens is 4. The van der Waals surface area contributed by atoms with Gasteiger partial charge in [-0.2, -0.15) is 18.3 Å². The predicted octanol–water partition coefficient (Wildman–Crippen LogP) is 7.19. The van der Waals surface area contributed by atoms with E-state index in [0.29, 0.717) is 35.9 Å². The molecule has 3 aromatic carbocycles. The number of carbonyl (C=O) groups excluding carboxylic acids is 1. The first-order valence-corrected chi connectivity index (χ1v) is 14.2. The molecule has 0 unspecified atom stereocenters. The molecule has 0 saturated heterocycles. The number of nitrogens with zero attached hydrogens (tertiary/aromatic N) is 5. The number of rotatable bonds is 8. The van der Waals surface area contributed by atoms with E-state index in [2.05, 4.69) is 9.97 Å². The van der Waals surface area contributed by atoms with Gasteiger partial charge in [-0.05, 0) is 53.4 Å². The number of hydrogen-bond acceptors (Lipinski definition) is 4.